The number of carbonyl (C=O) groups excluding carboxylic acids is 1. The minimum absolute atomic E-state index is 0.162. The Morgan fingerprint density at radius 3 is 2.82 bits per heavy atom. The number of ether oxygens (including phenoxy) is 1. The number of likely N-dealkylation sites (tertiary alicyclic amines) is 1. The molecule has 1 saturated heterocycles. The molecule has 1 aromatic carbocycles. The largest absolute Gasteiger partial charge is 0.439 e. The summed E-state index contributed by atoms with van der Waals surface area (Å²) in [4.78, 5) is 22.7. The summed E-state index contributed by atoms with van der Waals surface area (Å²) in [5.41, 5.74) is 3.23. The summed E-state index contributed by atoms with van der Waals surface area (Å²) >= 11 is 3.37. The number of pyridine rings is 2. The third-order valence-corrected chi connectivity index (χ3v) is 5.82. The smallest absolute Gasteiger partial charge is 0.321 e. The molecule has 0 spiro atoms. The first kappa shape index (κ1) is 22.5. The van der Waals surface area contributed by atoms with Crippen molar-refractivity contribution in [3.63, 3.8) is 0 Å². The van der Waals surface area contributed by atoms with Gasteiger partial charge in [0.15, 0.2) is 0 Å². The molecule has 0 saturated carbocycles. The van der Waals surface area contributed by atoms with Crippen LogP contribution in [0, 0.1) is 17.2 Å². The highest BCUT2D eigenvalue weighted by molar-refractivity contribution is 9.10. The number of amides is 2. The van der Waals surface area contributed by atoms with E-state index in [-0.39, 0.29) is 11.9 Å². The van der Waals surface area contributed by atoms with Crippen LogP contribution in [0.1, 0.15) is 24.6 Å². The maximum Gasteiger partial charge on any atom is 0.321 e. The van der Waals surface area contributed by atoms with Crippen LogP contribution in [0.5, 0.6) is 11.6 Å². The zero-order valence-electron chi connectivity index (χ0n) is 18.0. The summed E-state index contributed by atoms with van der Waals surface area (Å²) in [6, 6.07) is 16.7. The number of nitriles is 1. The fourth-order valence-electron chi connectivity index (χ4n) is 3.61. The molecule has 0 bridgehead atoms. The van der Waals surface area contributed by atoms with Crippen LogP contribution in [-0.2, 0) is 0 Å². The van der Waals surface area contributed by atoms with Crippen molar-refractivity contribution in [1.29, 1.82) is 5.26 Å². The van der Waals surface area contributed by atoms with Gasteiger partial charge in [0, 0.05) is 29.8 Å². The minimum atomic E-state index is -0.162. The number of hydrogen-bond acceptors (Lipinski definition) is 5. The van der Waals surface area contributed by atoms with Gasteiger partial charge in [-0.25, -0.2) is 14.8 Å². The monoisotopic (exact) mass is 503 g/mol. The van der Waals surface area contributed by atoms with E-state index < -0.39 is 0 Å². The lowest BCUT2D eigenvalue weighted by Gasteiger charge is -2.33. The molecule has 0 radical (unpaired) electrons. The van der Waals surface area contributed by atoms with E-state index in [2.05, 4.69) is 44.2 Å². The van der Waals surface area contributed by atoms with Crippen LogP contribution < -0.4 is 10.1 Å². The molecule has 8 heteroatoms. The SMILES string of the molecule is CC1CN(C(=O)Nc2ccc(C#N)nc2)CC/C1=C\c1cccc(Oc2ccc(Br)cn2)c1. The van der Waals surface area contributed by atoms with Crippen LogP contribution >= 0.6 is 15.9 Å². The van der Waals surface area contributed by atoms with Gasteiger partial charge in [-0.15, -0.1) is 0 Å². The molecule has 2 amide bonds. The Morgan fingerprint density at radius 2 is 2.12 bits per heavy atom. The van der Waals surface area contributed by atoms with Crippen molar-refractivity contribution in [3.8, 4) is 17.7 Å². The lowest BCUT2D eigenvalue weighted by molar-refractivity contribution is 0.198. The molecule has 1 aliphatic heterocycles. The number of carbonyl (C=O) groups is 1. The van der Waals surface area contributed by atoms with Crippen molar-refractivity contribution in [3.05, 3.63) is 82.2 Å². The van der Waals surface area contributed by atoms with Gasteiger partial charge >= 0.3 is 6.03 Å². The molecule has 1 aliphatic rings. The Hall–Kier alpha value is -3.70. The highest BCUT2D eigenvalue weighted by Crippen LogP contribution is 2.28. The second kappa shape index (κ2) is 10.3. The molecule has 1 unspecified atom stereocenters. The molecule has 166 valence electrons. The predicted molar refractivity (Wildman–Crippen MR) is 130 cm³/mol. The summed E-state index contributed by atoms with van der Waals surface area (Å²) in [5.74, 6) is 1.48. The Morgan fingerprint density at radius 1 is 1.24 bits per heavy atom. The number of urea groups is 1. The second-order valence-corrected chi connectivity index (χ2v) is 8.70. The average Bonchev–Trinajstić information content (AvgIpc) is 2.82. The number of piperidine rings is 1. The molecule has 2 aromatic heterocycles. The van der Waals surface area contributed by atoms with Crippen LogP contribution in [-0.4, -0.2) is 34.0 Å². The van der Waals surface area contributed by atoms with Gasteiger partial charge in [-0.3, -0.25) is 0 Å². The lowest BCUT2D eigenvalue weighted by Crippen LogP contribution is -2.42. The maximum absolute atomic E-state index is 12.6. The van der Waals surface area contributed by atoms with E-state index in [0.29, 0.717) is 30.4 Å². The Labute approximate surface area is 200 Å². The van der Waals surface area contributed by atoms with E-state index in [0.717, 1.165) is 22.2 Å². The van der Waals surface area contributed by atoms with Gasteiger partial charge < -0.3 is 15.0 Å². The fraction of sp³-hybridized carbons (Fsp3) is 0.200. The second-order valence-electron chi connectivity index (χ2n) is 7.78. The van der Waals surface area contributed by atoms with Gasteiger partial charge in [-0.05, 0) is 64.2 Å². The van der Waals surface area contributed by atoms with Gasteiger partial charge in [-0.1, -0.05) is 30.7 Å². The standard InChI is InChI=1S/C25H22BrN5O2/c1-17-16-31(25(32)30-22-7-6-21(13-27)28-15-22)10-9-19(17)11-18-3-2-4-23(12-18)33-24-8-5-20(26)14-29-24/h2-8,11-12,14-15,17H,9-10,16H2,1H3,(H,30,32)/b19-11+. The number of anilines is 1. The summed E-state index contributed by atoms with van der Waals surface area (Å²) < 4.78 is 6.76. The zero-order chi connectivity index (χ0) is 23.2. The van der Waals surface area contributed by atoms with Crippen LogP contribution in [0.15, 0.2) is 71.0 Å². The molecule has 33 heavy (non-hydrogen) atoms. The quantitative estimate of drug-likeness (QED) is 0.481. The summed E-state index contributed by atoms with van der Waals surface area (Å²) in [7, 11) is 0. The van der Waals surface area contributed by atoms with Gasteiger partial charge in [-0.2, -0.15) is 5.26 Å². The normalized spacial score (nSPS) is 16.8. The molecule has 4 rings (SSSR count). The first-order valence-electron chi connectivity index (χ1n) is 10.5. The Balaban J connectivity index is 1.38. The van der Waals surface area contributed by atoms with Crippen molar-refractivity contribution in [2.24, 2.45) is 5.92 Å². The van der Waals surface area contributed by atoms with Crippen molar-refractivity contribution in [2.45, 2.75) is 13.3 Å². The molecule has 1 fully saturated rings. The summed E-state index contributed by atoms with van der Waals surface area (Å²) in [5, 5.41) is 11.7. The molecule has 1 atom stereocenters. The zero-order valence-corrected chi connectivity index (χ0v) is 19.6. The average molecular weight is 504 g/mol. The van der Waals surface area contributed by atoms with E-state index in [1.807, 2.05) is 42.5 Å². The van der Waals surface area contributed by atoms with Gasteiger partial charge in [0.25, 0.3) is 0 Å². The van der Waals surface area contributed by atoms with E-state index in [1.54, 1.807) is 23.2 Å². The van der Waals surface area contributed by atoms with Crippen molar-refractivity contribution in [1.82, 2.24) is 14.9 Å². The fourth-order valence-corrected chi connectivity index (χ4v) is 3.84. The highest BCUT2D eigenvalue weighted by Gasteiger charge is 2.24. The summed E-state index contributed by atoms with van der Waals surface area (Å²) in [6.45, 7) is 3.38. The van der Waals surface area contributed by atoms with Gasteiger partial charge in [0.05, 0.1) is 11.9 Å². The predicted octanol–water partition coefficient (Wildman–Crippen LogP) is 5.86. The number of halogens is 1. The first-order valence-corrected chi connectivity index (χ1v) is 11.3. The van der Waals surface area contributed by atoms with E-state index in [9.17, 15) is 4.79 Å². The maximum atomic E-state index is 12.6. The van der Waals surface area contributed by atoms with E-state index in [4.69, 9.17) is 10.00 Å². The molecule has 3 aromatic rings. The Bertz CT molecular complexity index is 1200. The number of aromatic nitrogens is 2. The molecular formula is C25H22BrN5O2. The third-order valence-electron chi connectivity index (χ3n) is 5.35. The van der Waals surface area contributed by atoms with Crippen molar-refractivity contribution in [2.75, 3.05) is 18.4 Å². The molecule has 1 N–H and O–H groups in total. The molecule has 3 heterocycles. The number of rotatable bonds is 4. The summed E-state index contributed by atoms with van der Waals surface area (Å²) in [6.07, 6.45) is 6.16. The van der Waals surface area contributed by atoms with Crippen molar-refractivity contribution >= 4 is 33.7 Å². The highest BCUT2D eigenvalue weighted by atomic mass is 79.9. The topological polar surface area (TPSA) is 91.1 Å². The van der Waals surface area contributed by atoms with E-state index >= 15 is 0 Å². The van der Waals surface area contributed by atoms with E-state index in [1.165, 1.54) is 11.8 Å². The first-order chi connectivity index (χ1) is 16.0. The van der Waals surface area contributed by atoms with Gasteiger partial charge in [0.2, 0.25) is 5.88 Å². The van der Waals surface area contributed by atoms with Crippen LogP contribution in [0.4, 0.5) is 10.5 Å². The number of benzene rings is 1. The number of nitrogens with one attached hydrogen (secondary N) is 1. The molecular weight excluding hydrogens is 482 g/mol. The van der Waals surface area contributed by atoms with Gasteiger partial charge in [0.1, 0.15) is 17.5 Å². The molecule has 7 nitrogen and oxygen atoms in total. The number of nitrogens with zero attached hydrogens (tertiary/aromatic N) is 4. The van der Waals surface area contributed by atoms with Crippen LogP contribution in [0.3, 0.4) is 0 Å². The molecule has 0 aliphatic carbocycles. The van der Waals surface area contributed by atoms with Crippen LogP contribution in [0.2, 0.25) is 0 Å². The lowest BCUT2D eigenvalue weighted by atomic mass is 9.91. The third kappa shape index (κ3) is 5.96. The minimum Gasteiger partial charge on any atom is -0.439 e. The Kier molecular flexibility index (Phi) is 7.01. The van der Waals surface area contributed by atoms with Crippen molar-refractivity contribution < 1.29 is 9.53 Å². The number of hydrogen-bond donors (Lipinski definition) is 1. The van der Waals surface area contributed by atoms with Crippen LogP contribution in [0.25, 0.3) is 6.08 Å².